The van der Waals surface area contributed by atoms with Crippen LogP contribution in [0.15, 0.2) is 161 Å². The first-order valence-electron chi connectivity index (χ1n) is 16.4. The van der Waals surface area contributed by atoms with Crippen LogP contribution in [0.25, 0.3) is 33.4 Å². The van der Waals surface area contributed by atoms with Crippen molar-refractivity contribution in [2.45, 2.75) is 25.8 Å². The van der Waals surface area contributed by atoms with Crippen LogP contribution in [0.1, 0.15) is 41.7 Å². The minimum Gasteiger partial charge on any atom is -0.423 e. The highest BCUT2D eigenvalue weighted by molar-refractivity contribution is 6.58. The Morgan fingerprint density at radius 2 is 1.14 bits per heavy atom. The summed E-state index contributed by atoms with van der Waals surface area (Å²) in [5, 5.41) is 18.9. The Bertz CT molecular complexity index is 2190. The molecule has 7 rings (SSSR count). The molecule has 0 bridgehead atoms. The lowest BCUT2D eigenvalue weighted by atomic mass is 9.80. The Morgan fingerprint density at radius 3 is 1.80 bits per heavy atom. The van der Waals surface area contributed by atoms with E-state index in [9.17, 15) is 10.0 Å². The van der Waals surface area contributed by atoms with Crippen LogP contribution < -0.4 is 5.46 Å². The standard InChI is InChI=1S/C43H36BN3O2/c1-43(2)39-12-8-7-11-37(39)38-26-23-35(27-40(38)43)42(47-41(45-3)34-19-17-32(18-20-34)30-9-5-4-6-10-30)46-28-29-13-15-31(16-14-29)33-21-24-36(25-22-33)44(48)49/h4-27,48-49H,3,28H2,1-2H3. The number of amidine groups is 2. The van der Waals surface area contributed by atoms with Crippen molar-refractivity contribution in [2.24, 2.45) is 15.0 Å². The highest BCUT2D eigenvalue weighted by Gasteiger charge is 2.35. The van der Waals surface area contributed by atoms with Gasteiger partial charge in [-0.1, -0.05) is 153 Å². The van der Waals surface area contributed by atoms with Crippen molar-refractivity contribution in [3.63, 3.8) is 0 Å². The monoisotopic (exact) mass is 637 g/mol. The van der Waals surface area contributed by atoms with Crippen LogP contribution in [0.4, 0.5) is 0 Å². The predicted octanol–water partition coefficient (Wildman–Crippen LogP) is 8.10. The van der Waals surface area contributed by atoms with Crippen LogP contribution in [0.5, 0.6) is 0 Å². The largest absolute Gasteiger partial charge is 0.488 e. The second kappa shape index (κ2) is 13.4. The predicted molar refractivity (Wildman–Crippen MR) is 204 cm³/mol. The molecular formula is C43H36BN3O2. The number of aliphatic imine (C=N–C) groups is 3. The lowest BCUT2D eigenvalue weighted by Gasteiger charge is -2.22. The number of hydrogen-bond donors (Lipinski definition) is 2. The Hall–Kier alpha value is -5.69. The molecule has 5 nitrogen and oxygen atoms in total. The molecule has 6 aromatic rings. The summed E-state index contributed by atoms with van der Waals surface area (Å²) < 4.78 is 0. The maximum Gasteiger partial charge on any atom is 0.488 e. The average molecular weight is 638 g/mol. The van der Waals surface area contributed by atoms with Crippen molar-refractivity contribution in [2.75, 3.05) is 0 Å². The van der Waals surface area contributed by atoms with Crippen molar-refractivity contribution < 1.29 is 10.0 Å². The molecule has 6 aromatic carbocycles. The van der Waals surface area contributed by atoms with Gasteiger partial charge in [0.2, 0.25) is 0 Å². The van der Waals surface area contributed by atoms with Gasteiger partial charge in [-0.05, 0) is 68.3 Å². The third kappa shape index (κ3) is 6.44. The molecule has 0 saturated carbocycles. The summed E-state index contributed by atoms with van der Waals surface area (Å²) in [6, 6.07) is 49.1. The molecule has 0 heterocycles. The van der Waals surface area contributed by atoms with E-state index in [1.165, 1.54) is 22.3 Å². The van der Waals surface area contributed by atoms with Gasteiger partial charge in [-0.15, -0.1) is 0 Å². The van der Waals surface area contributed by atoms with Crippen LogP contribution in [-0.4, -0.2) is 35.6 Å². The Labute approximate surface area is 287 Å². The van der Waals surface area contributed by atoms with Gasteiger partial charge in [0.05, 0.1) is 6.54 Å². The number of fused-ring (bicyclic) bond motifs is 3. The van der Waals surface area contributed by atoms with Gasteiger partial charge < -0.3 is 10.0 Å². The topological polar surface area (TPSA) is 77.5 Å². The lowest BCUT2D eigenvalue weighted by Crippen LogP contribution is -2.29. The molecule has 1 aliphatic rings. The van der Waals surface area contributed by atoms with Gasteiger partial charge in [-0.25, -0.2) is 9.98 Å². The minimum absolute atomic E-state index is 0.160. The molecule has 0 radical (unpaired) electrons. The van der Waals surface area contributed by atoms with E-state index < -0.39 is 7.12 Å². The fourth-order valence-corrected chi connectivity index (χ4v) is 6.58. The van der Waals surface area contributed by atoms with Gasteiger partial charge in [0.15, 0.2) is 11.7 Å². The van der Waals surface area contributed by atoms with E-state index in [0.29, 0.717) is 23.7 Å². The first-order chi connectivity index (χ1) is 23.8. The van der Waals surface area contributed by atoms with Gasteiger partial charge in [-0.3, -0.25) is 4.99 Å². The molecule has 0 atom stereocenters. The summed E-state index contributed by atoms with van der Waals surface area (Å²) >= 11 is 0. The molecule has 1 aliphatic carbocycles. The molecule has 0 aliphatic heterocycles. The van der Waals surface area contributed by atoms with E-state index in [-0.39, 0.29) is 5.41 Å². The molecule has 0 aromatic heterocycles. The zero-order chi connectivity index (χ0) is 34.0. The van der Waals surface area contributed by atoms with E-state index in [0.717, 1.165) is 38.9 Å². The van der Waals surface area contributed by atoms with Crippen molar-refractivity contribution in [3.8, 4) is 33.4 Å². The van der Waals surface area contributed by atoms with Crippen molar-refractivity contribution in [1.82, 2.24) is 0 Å². The third-order valence-corrected chi connectivity index (χ3v) is 9.36. The van der Waals surface area contributed by atoms with Crippen LogP contribution in [0, 0.1) is 0 Å². The Balaban J connectivity index is 1.24. The number of benzene rings is 6. The highest BCUT2D eigenvalue weighted by Crippen LogP contribution is 2.48. The maximum absolute atomic E-state index is 9.43. The zero-order valence-corrected chi connectivity index (χ0v) is 27.6. The third-order valence-electron chi connectivity index (χ3n) is 9.36. The van der Waals surface area contributed by atoms with E-state index in [1.807, 2.05) is 42.5 Å². The van der Waals surface area contributed by atoms with Crippen LogP contribution in [0.3, 0.4) is 0 Å². The molecule has 0 unspecified atom stereocenters. The zero-order valence-electron chi connectivity index (χ0n) is 27.6. The number of hydrogen-bond acceptors (Lipinski definition) is 3. The van der Waals surface area contributed by atoms with Crippen molar-refractivity contribution in [3.05, 3.63) is 173 Å². The molecule has 0 saturated heterocycles. The van der Waals surface area contributed by atoms with E-state index in [4.69, 9.17) is 9.98 Å². The fourth-order valence-electron chi connectivity index (χ4n) is 6.58. The first kappa shape index (κ1) is 31.9. The second-order valence-corrected chi connectivity index (χ2v) is 12.8. The second-order valence-electron chi connectivity index (χ2n) is 12.8. The summed E-state index contributed by atoms with van der Waals surface area (Å²) in [6.45, 7) is 8.85. The molecule has 238 valence electrons. The minimum atomic E-state index is -1.48. The number of rotatable bonds is 7. The normalized spacial score (nSPS) is 13.5. The van der Waals surface area contributed by atoms with Crippen molar-refractivity contribution >= 4 is 31.0 Å². The lowest BCUT2D eigenvalue weighted by molar-refractivity contribution is 0.426. The molecule has 49 heavy (non-hydrogen) atoms. The van der Waals surface area contributed by atoms with Gasteiger partial charge in [0.1, 0.15) is 0 Å². The van der Waals surface area contributed by atoms with Crippen LogP contribution in [-0.2, 0) is 12.0 Å². The van der Waals surface area contributed by atoms with Gasteiger partial charge in [0.25, 0.3) is 0 Å². The maximum atomic E-state index is 9.43. The SMILES string of the molecule is C=NC(=NC(=NCc1ccc(-c2ccc(B(O)O)cc2)cc1)c1ccc2c(c1)C(C)(C)c1ccccc1-2)c1ccc(-c2ccccc2)cc1. The van der Waals surface area contributed by atoms with E-state index in [1.54, 1.807) is 12.1 Å². The molecule has 2 N–H and O–H groups in total. The highest BCUT2D eigenvalue weighted by atomic mass is 16.4. The molecule has 6 heteroatoms. The summed E-state index contributed by atoms with van der Waals surface area (Å²) in [7, 11) is -1.48. The van der Waals surface area contributed by atoms with E-state index >= 15 is 0 Å². The summed E-state index contributed by atoms with van der Waals surface area (Å²) in [5.74, 6) is 1.10. The average Bonchev–Trinajstić information content (AvgIpc) is 3.38. The van der Waals surface area contributed by atoms with Gasteiger partial charge in [-0.2, -0.15) is 0 Å². The molecule has 0 spiro atoms. The smallest absolute Gasteiger partial charge is 0.423 e. The Kier molecular flexibility index (Phi) is 8.75. The number of nitrogens with zero attached hydrogens (tertiary/aromatic N) is 3. The van der Waals surface area contributed by atoms with Gasteiger partial charge in [0, 0.05) is 16.5 Å². The van der Waals surface area contributed by atoms with Crippen LogP contribution in [0.2, 0.25) is 0 Å². The summed E-state index contributed by atoms with van der Waals surface area (Å²) in [6.07, 6.45) is 0. The molecular weight excluding hydrogens is 601 g/mol. The van der Waals surface area contributed by atoms with Crippen LogP contribution >= 0.6 is 0 Å². The molecule has 0 fully saturated rings. The fraction of sp³-hybridized carbons (Fsp3) is 0.0930. The van der Waals surface area contributed by atoms with Gasteiger partial charge >= 0.3 is 7.12 Å². The van der Waals surface area contributed by atoms with E-state index in [2.05, 4.69) is 117 Å². The quantitative estimate of drug-likeness (QED) is 0.105. The summed E-state index contributed by atoms with van der Waals surface area (Å²) in [4.78, 5) is 14.5. The summed E-state index contributed by atoms with van der Waals surface area (Å²) in [5.41, 5.74) is 12.5. The molecule has 0 amide bonds. The first-order valence-corrected chi connectivity index (χ1v) is 16.4. The van der Waals surface area contributed by atoms with Crippen molar-refractivity contribution in [1.29, 1.82) is 0 Å². The Morgan fingerprint density at radius 1 is 0.592 bits per heavy atom.